The molecule has 0 fully saturated rings. The van der Waals surface area contributed by atoms with E-state index in [0.29, 0.717) is 5.75 Å². The minimum absolute atomic E-state index is 0. The van der Waals surface area contributed by atoms with E-state index in [2.05, 4.69) is 11.4 Å². The fourth-order valence-corrected chi connectivity index (χ4v) is 1.91. The molecule has 0 amide bonds. The maximum Gasteiger partial charge on any atom is 0.142 e. The highest BCUT2D eigenvalue weighted by molar-refractivity contribution is 5.85. The van der Waals surface area contributed by atoms with Crippen LogP contribution >= 0.6 is 12.4 Å². The number of hydrogen-bond acceptors (Lipinski definition) is 3. The molecule has 15 heavy (non-hydrogen) atoms. The van der Waals surface area contributed by atoms with Crippen LogP contribution in [0, 0.1) is 0 Å². The van der Waals surface area contributed by atoms with Crippen LogP contribution in [0.1, 0.15) is 11.1 Å². The smallest absolute Gasteiger partial charge is 0.142 e. The van der Waals surface area contributed by atoms with E-state index >= 15 is 0 Å². The van der Waals surface area contributed by atoms with E-state index in [1.54, 1.807) is 0 Å². The molecule has 0 unspecified atom stereocenters. The first kappa shape index (κ1) is 12.1. The summed E-state index contributed by atoms with van der Waals surface area (Å²) in [7, 11) is 3.89. The lowest BCUT2D eigenvalue weighted by Crippen LogP contribution is -2.24. The summed E-state index contributed by atoms with van der Waals surface area (Å²) in [6.45, 7) is 1.83. The highest BCUT2D eigenvalue weighted by Crippen LogP contribution is 2.33. The quantitative estimate of drug-likeness (QED) is 0.765. The molecule has 0 atom stereocenters. The highest BCUT2D eigenvalue weighted by Gasteiger charge is 2.15. The molecule has 0 spiro atoms. The van der Waals surface area contributed by atoms with Crippen LogP contribution < -0.4 is 10.2 Å². The van der Waals surface area contributed by atoms with Gasteiger partial charge in [-0.05, 0) is 24.6 Å². The Balaban J connectivity index is 0.00000112. The van der Waals surface area contributed by atoms with Crippen molar-refractivity contribution in [3.8, 4) is 5.75 Å². The van der Waals surface area contributed by atoms with Gasteiger partial charge in [0.05, 0.1) is 5.69 Å². The second-order valence-corrected chi connectivity index (χ2v) is 3.89. The molecular weight excluding hydrogens is 212 g/mol. The number of fused-ring (bicyclic) bond motifs is 1. The Labute approximate surface area is 96.5 Å². The summed E-state index contributed by atoms with van der Waals surface area (Å²) in [6.07, 6.45) is 0.919. The fourth-order valence-electron chi connectivity index (χ4n) is 1.91. The van der Waals surface area contributed by atoms with Gasteiger partial charge in [0.25, 0.3) is 0 Å². The third-order valence-electron chi connectivity index (χ3n) is 2.71. The maximum absolute atomic E-state index is 10.0. The van der Waals surface area contributed by atoms with Gasteiger partial charge in [-0.15, -0.1) is 12.4 Å². The van der Waals surface area contributed by atoms with E-state index in [1.165, 1.54) is 5.56 Å². The number of phenols is 1. The van der Waals surface area contributed by atoms with Crippen molar-refractivity contribution in [1.29, 1.82) is 0 Å². The second-order valence-electron chi connectivity index (χ2n) is 3.89. The molecule has 0 aliphatic carbocycles. The first-order valence-corrected chi connectivity index (χ1v) is 4.92. The zero-order valence-corrected chi connectivity index (χ0v) is 9.90. The minimum atomic E-state index is 0. The summed E-state index contributed by atoms with van der Waals surface area (Å²) in [5.41, 5.74) is 3.24. The number of hydrogen-bond donors (Lipinski definition) is 2. The van der Waals surface area contributed by atoms with Crippen molar-refractivity contribution in [2.45, 2.75) is 13.0 Å². The Morgan fingerprint density at radius 3 is 2.73 bits per heavy atom. The highest BCUT2D eigenvalue weighted by atomic mass is 35.5. The Morgan fingerprint density at radius 2 is 2.07 bits per heavy atom. The molecule has 0 saturated heterocycles. The molecule has 1 aromatic carbocycles. The minimum Gasteiger partial charge on any atom is -0.505 e. The van der Waals surface area contributed by atoms with Gasteiger partial charge in [-0.3, -0.25) is 0 Å². The molecule has 2 N–H and O–H groups in total. The van der Waals surface area contributed by atoms with Gasteiger partial charge in [0, 0.05) is 26.2 Å². The summed E-state index contributed by atoms with van der Waals surface area (Å²) in [5, 5.41) is 13.3. The van der Waals surface area contributed by atoms with E-state index in [0.717, 1.165) is 30.8 Å². The van der Waals surface area contributed by atoms with E-state index in [-0.39, 0.29) is 12.4 Å². The summed E-state index contributed by atoms with van der Waals surface area (Å²) >= 11 is 0. The van der Waals surface area contributed by atoms with Crippen LogP contribution in [0.5, 0.6) is 5.75 Å². The van der Waals surface area contributed by atoms with Gasteiger partial charge < -0.3 is 15.3 Å². The Bertz CT molecular complexity index is 353. The van der Waals surface area contributed by atoms with Gasteiger partial charge in [0.1, 0.15) is 5.75 Å². The van der Waals surface area contributed by atoms with Gasteiger partial charge in [0.2, 0.25) is 0 Å². The Hall–Kier alpha value is -0.930. The SMILES string of the molecule is CN(C)c1ccc2c(c1O)CCNC2.Cl. The molecule has 84 valence electrons. The number of halogens is 1. The topological polar surface area (TPSA) is 35.5 Å². The molecule has 1 aromatic rings. The molecule has 1 heterocycles. The van der Waals surface area contributed by atoms with Crippen molar-refractivity contribution in [1.82, 2.24) is 5.32 Å². The van der Waals surface area contributed by atoms with Crippen LogP contribution in [0.4, 0.5) is 5.69 Å². The fraction of sp³-hybridized carbons (Fsp3) is 0.455. The normalized spacial score (nSPS) is 14.0. The van der Waals surface area contributed by atoms with Crippen LogP contribution in [0.25, 0.3) is 0 Å². The number of nitrogens with one attached hydrogen (secondary N) is 1. The number of anilines is 1. The standard InChI is InChI=1S/C11H16N2O.ClH/c1-13(2)10-4-3-8-7-12-6-5-9(8)11(10)14;/h3-4,12,14H,5-7H2,1-2H3;1H. The van der Waals surface area contributed by atoms with Crippen LogP contribution in [-0.2, 0) is 13.0 Å². The van der Waals surface area contributed by atoms with E-state index in [1.807, 2.05) is 25.1 Å². The van der Waals surface area contributed by atoms with Gasteiger partial charge in [-0.25, -0.2) is 0 Å². The van der Waals surface area contributed by atoms with Crippen molar-refractivity contribution in [2.75, 3.05) is 25.5 Å². The predicted octanol–water partition coefficient (Wildman–Crippen LogP) is 1.53. The first-order chi connectivity index (χ1) is 6.70. The molecule has 1 aliphatic rings. The van der Waals surface area contributed by atoms with Gasteiger partial charge in [-0.2, -0.15) is 0 Å². The third-order valence-corrected chi connectivity index (χ3v) is 2.71. The largest absolute Gasteiger partial charge is 0.505 e. The van der Waals surface area contributed by atoms with Gasteiger partial charge in [0.15, 0.2) is 0 Å². The maximum atomic E-state index is 10.0. The average Bonchev–Trinajstić information content (AvgIpc) is 2.18. The molecule has 0 bridgehead atoms. The van der Waals surface area contributed by atoms with Crippen molar-refractivity contribution in [2.24, 2.45) is 0 Å². The summed E-state index contributed by atoms with van der Waals surface area (Å²) < 4.78 is 0. The summed E-state index contributed by atoms with van der Waals surface area (Å²) in [5.74, 6) is 0.453. The number of nitrogens with zero attached hydrogens (tertiary/aromatic N) is 1. The van der Waals surface area contributed by atoms with Crippen LogP contribution in [-0.4, -0.2) is 25.7 Å². The number of benzene rings is 1. The predicted molar refractivity (Wildman–Crippen MR) is 65.1 cm³/mol. The lowest BCUT2D eigenvalue weighted by Gasteiger charge is -2.22. The number of phenolic OH excluding ortho intramolecular Hbond substituents is 1. The third kappa shape index (κ3) is 2.19. The summed E-state index contributed by atoms with van der Waals surface area (Å²) in [4.78, 5) is 1.94. The van der Waals surface area contributed by atoms with Crippen molar-refractivity contribution in [3.05, 3.63) is 23.3 Å². The number of rotatable bonds is 1. The molecule has 0 saturated carbocycles. The van der Waals surface area contributed by atoms with Crippen LogP contribution in [0.15, 0.2) is 12.1 Å². The molecule has 0 radical (unpaired) electrons. The van der Waals surface area contributed by atoms with Crippen molar-refractivity contribution >= 4 is 18.1 Å². The van der Waals surface area contributed by atoms with Crippen LogP contribution in [0.3, 0.4) is 0 Å². The van der Waals surface area contributed by atoms with E-state index in [4.69, 9.17) is 0 Å². The average molecular weight is 229 g/mol. The van der Waals surface area contributed by atoms with E-state index in [9.17, 15) is 5.11 Å². The molecule has 4 heteroatoms. The molecule has 0 aromatic heterocycles. The second kappa shape index (κ2) is 4.73. The number of aromatic hydroxyl groups is 1. The Kier molecular flexibility index (Phi) is 3.83. The monoisotopic (exact) mass is 228 g/mol. The van der Waals surface area contributed by atoms with Gasteiger partial charge >= 0.3 is 0 Å². The first-order valence-electron chi connectivity index (χ1n) is 4.92. The van der Waals surface area contributed by atoms with Crippen LogP contribution in [0.2, 0.25) is 0 Å². The molecule has 2 rings (SSSR count). The molecule has 3 nitrogen and oxygen atoms in total. The van der Waals surface area contributed by atoms with Crippen molar-refractivity contribution < 1.29 is 5.11 Å². The lowest BCUT2D eigenvalue weighted by atomic mass is 9.99. The summed E-state index contributed by atoms with van der Waals surface area (Å²) in [6, 6.07) is 4.07. The van der Waals surface area contributed by atoms with Gasteiger partial charge in [-0.1, -0.05) is 6.07 Å². The lowest BCUT2D eigenvalue weighted by molar-refractivity contribution is 0.461. The Morgan fingerprint density at radius 1 is 1.33 bits per heavy atom. The van der Waals surface area contributed by atoms with Crippen molar-refractivity contribution in [3.63, 3.8) is 0 Å². The zero-order valence-electron chi connectivity index (χ0n) is 9.08. The molecule has 1 aliphatic heterocycles. The zero-order chi connectivity index (χ0) is 10.1. The van der Waals surface area contributed by atoms with E-state index < -0.39 is 0 Å². The molecular formula is C11H17ClN2O.